The minimum atomic E-state index is -0.791. The van der Waals surface area contributed by atoms with E-state index in [4.69, 9.17) is 16.3 Å². The van der Waals surface area contributed by atoms with Gasteiger partial charge in [0.25, 0.3) is 0 Å². The molecule has 0 spiro atoms. The normalized spacial score (nSPS) is 11.7. The van der Waals surface area contributed by atoms with Crippen molar-refractivity contribution in [3.05, 3.63) is 34.7 Å². The monoisotopic (exact) mass is 357 g/mol. The van der Waals surface area contributed by atoms with E-state index in [1.807, 2.05) is 0 Å². The maximum Gasteiger partial charge on any atom is 0.361 e. The van der Waals surface area contributed by atoms with Crippen molar-refractivity contribution < 1.29 is 47.3 Å². The maximum atomic E-state index is 11.6. The first-order valence-corrected chi connectivity index (χ1v) is 5.41. The van der Waals surface area contributed by atoms with Gasteiger partial charge < -0.3 is 9.84 Å². The molecular weight excluding hydrogens is 346 g/mol. The zero-order valence-electron chi connectivity index (χ0n) is 10.4. The van der Waals surface area contributed by atoms with Crippen LogP contribution in [0.25, 0.3) is 5.76 Å². The molecule has 1 radical (unpaired) electrons. The number of hydrogen-bond acceptors (Lipinski definition) is 6. The van der Waals surface area contributed by atoms with Gasteiger partial charge in [0.2, 0.25) is 0 Å². The van der Waals surface area contributed by atoms with Gasteiger partial charge in [0.05, 0.1) is 17.5 Å². The Morgan fingerprint density at radius 1 is 1.63 bits per heavy atom. The van der Waals surface area contributed by atoms with Crippen LogP contribution in [0.3, 0.4) is 0 Å². The molecule has 1 aromatic heterocycles. The van der Waals surface area contributed by atoms with Crippen LogP contribution in [0, 0.1) is 6.07 Å². The fourth-order valence-corrected chi connectivity index (χ4v) is 1.31. The molecule has 0 amide bonds. The Morgan fingerprint density at radius 3 is 2.84 bits per heavy atom. The van der Waals surface area contributed by atoms with Crippen molar-refractivity contribution in [1.82, 2.24) is 4.98 Å². The summed E-state index contributed by atoms with van der Waals surface area (Å²) in [6.07, 6.45) is 1.34. The molecule has 0 aliphatic rings. The maximum absolute atomic E-state index is 11.6. The Balaban J connectivity index is 0.00000324. The third kappa shape index (κ3) is 4.97. The van der Waals surface area contributed by atoms with E-state index in [0.717, 1.165) is 0 Å². The van der Waals surface area contributed by atoms with Crippen LogP contribution in [0.4, 0.5) is 0 Å². The van der Waals surface area contributed by atoms with E-state index < -0.39 is 11.7 Å². The molecule has 0 atom stereocenters. The first kappa shape index (κ1) is 18.2. The zero-order chi connectivity index (χ0) is 13.5. The number of aliphatic hydroxyl groups excluding tert-OH is 1. The molecular formula is C11H11ClN3O3Y-. The van der Waals surface area contributed by atoms with Gasteiger partial charge in [0, 0.05) is 39.8 Å². The van der Waals surface area contributed by atoms with Gasteiger partial charge in [0.1, 0.15) is 0 Å². The molecule has 1 heterocycles. The summed E-state index contributed by atoms with van der Waals surface area (Å²) < 4.78 is 4.75. The Hall–Kier alpha value is -0.846. The SMILES string of the molecule is CCOC(=O)/C(N=NC)=C(\O)c1c[c-]cnc1Cl.[Y]. The average molecular weight is 358 g/mol. The number of pyridine rings is 1. The smallest absolute Gasteiger partial charge is 0.361 e. The van der Waals surface area contributed by atoms with Crippen LogP contribution in [0.15, 0.2) is 28.2 Å². The number of azo groups is 1. The van der Waals surface area contributed by atoms with Crippen molar-refractivity contribution in [2.75, 3.05) is 13.7 Å². The van der Waals surface area contributed by atoms with Gasteiger partial charge in [-0.1, -0.05) is 23.4 Å². The zero-order valence-corrected chi connectivity index (χ0v) is 14.0. The first-order chi connectivity index (χ1) is 8.61. The number of nitrogens with zero attached hydrogens (tertiary/aromatic N) is 3. The molecule has 0 aliphatic heterocycles. The molecule has 0 saturated carbocycles. The van der Waals surface area contributed by atoms with Crippen LogP contribution in [0.5, 0.6) is 0 Å². The molecule has 0 bridgehead atoms. The Morgan fingerprint density at radius 2 is 2.32 bits per heavy atom. The van der Waals surface area contributed by atoms with Gasteiger partial charge >= 0.3 is 5.97 Å². The number of halogens is 1. The Labute approximate surface area is 140 Å². The van der Waals surface area contributed by atoms with Crippen molar-refractivity contribution in [3.8, 4) is 0 Å². The standard InChI is InChI=1S/C11H11ClN3O3.Y/c1-3-18-11(17)8(15-13-2)9(16)7-5-4-6-14-10(7)12;/h5-6,16H,3H2,1-2H3;/q-1;/b9-8+,15-13?;. The fourth-order valence-electron chi connectivity index (χ4n) is 1.12. The second-order valence-corrected chi connectivity index (χ2v) is 3.35. The molecule has 19 heavy (non-hydrogen) atoms. The van der Waals surface area contributed by atoms with E-state index in [1.165, 1.54) is 19.3 Å². The molecule has 0 unspecified atom stereocenters. The predicted octanol–water partition coefficient (Wildman–Crippen LogP) is 2.40. The number of carbonyl (C=O) groups is 1. The molecule has 0 saturated heterocycles. The molecule has 0 aromatic carbocycles. The van der Waals surface area contributed by atoms with Crippen LogP contribution in [0.2, 0.25) is 5.15 Å². The van der Waals surface area contributed by atoms with Crippen LogP contribution >= 0.6 is 11.6 Å². The minimum absolute atomic E-state index is 0. The molecule has 1 rings (SSSR count). The van der Waals surface area contributed by atoms with E-state index in [0.29, 0.717) is 0 Å². The Bertz CT molecular complexity index is 506. The first-order valence-electron chi connectivity index (χ1n) is 5.04. The average Bonchev–Trinajstić information content (AvgIpc) is 2.36. The topological polar surface area (TPSA) is 84.1 Å². The minimum Gasteiger partial charge on any atom is -0.524 e. The molecule has 0 fully saturated rings. The number of ether oxygens (including phenoxy) is 1. The molecule has 1 aromatic rings. The summed E-state index contributed by atoms with van der Waals surface area (Å²) in [6.45, 7) is 1.79. The largest absolute Gasteiger partial charge is 0.524 e. The van der Waals surface area contributed by atoms with E-state index in [1.54, 1.807) is 6.92 Å². The number of rotatable bonds is 4. The van der Waals surface area contributed by atoms with E-state index in [-0.39, 0.29) is 55.7 Å². The van der Waals surface area contributed by atoms with Crippen LogP contribution < -0.4 is 0 Å². The number of esters is 1. The second kappa shape index (κ2) is 9.12. The molecule has 1 N–H and O–H groups in total. The van der Waals surface area contributed by atoms with Crippen molar-refractivity contribution in [2.45, 2.75) is 6.92 Å². The summed E-state index contributed by atoms with van der Waals surface area (Å²) in [5, 5.41) is 17.0. The van der Waals surface area contributed by atoms with Crippen molar-refractivity contribution in [1.29, 1.82) is 0 Å². The van der Waals surface area contributed by atoms with Crippen molar-refractivity contribution >= 4 is 23.3 Å². The summed E-state index contributed by atoms with van der Waals surface area (Å²) in [6, 6.07) is 4.02. The Kier molecular flexibility index (Phi) is 8.71. The summed E-state index contributed by atoms with van der Waals surface area (Å²) in [5.74, 6) is -1.24. The number of carbonyl (C=O) groups excluding carboxylic acids is 1. The van der Waals surface area contributed by atoms with Crippen LogP contribution in [-0.4, -0.2) is 29.7 Å². The van der Waals surface area contributed by atoms with Crippen LogP contribution in [0.1, 0.15) is 12.5 Å². The third-order valence-corrected chi connectivity index (χ3v) is 2.15. The fraction of sp³-hybridized carbons (Fsp3) is 0.273. The molecule has 6 nitrogen and oxygen atoms in total. The summed E-state index contributed by atoms with van der Waals surface area (Å²) in [4.78, 5) is 15.3. The molecule has 8 heteroatoms. The van der Waals surface area contributed by atoms with E-state index in [2.05, 4.69) is 21.3 Å². The number of hydrogen-bond donors (Lipinski definition) is 1. The van der Waals surface area contributed by atoms with E-state index >= 15 is 0 Å². The van der Waals surface area contributed by atoms with Gasteiger partial charge in [-0.25, -0.2) is 16.9 Å². The second-order valence-electron chi connectivity index (χ2n) is 2.99. The van der Waals surface area contributed by atoms with Gasteiger partial charge in [-0.05, 0) is 6.92 Å². The van der Waals surface area contributed by atoms with Gasteiger partial charge in [-0.3, -0.25) is 4.98 Å². The van der Waals surface area contributed by atoms with E-state index in [9.17, 15) is 9.90 Å². The molecule has 99 valence electrons. The van der Waals surface area contributed by atoms with Crippen LogP contribution in [-0.2, 0) is 42.2 Å². The van der Waals surface area contributed by atoms with Crippen molar-refractivity contribution in [3.63, 3.8) is 0 Å². The quantitative estimate of drug-likeness (QED) is 0.224. The summed E-state index contributed by atoms with van der Waals surface area (Å²) in [7, 11) is 1.36. The third-order valence-electron chi connectivity index (χ3n) is 1.85. The van der Waals surface area contributed by atoms with Gasteiger partial charge in [0.15, 0.2) is 5.70 Å². The summed E-state index contributed by atoms with van der Waals surface area (Å²) in [5.41, 5.74) is -0.197. The molecule has 0 aliphatic carbocycles. The van der Waals surface area contributed by atoms with Gasteiger partial charge in [-0.15, -0.1) is 5.11 Å². The summed E-state index contributed by atoms with van der Waals surface area (Å²) >= 11 is 5.80. The number of aliphatic hydroxyl groups is 1. The van der Waals surface area contributed by atoms with Gasteiger partial charge in [-0.2, -0.15) is 5.11 Å². The number of aromatic nitrogens is 1. The predicted molar refractivity (Wildman–Crippen MR) is 65.0 cm³/mol. The van der Waals surface area contributed by atoms with Crippen molar-refractivity contribution in [2.24, 2.45) is 10.2 Å².